The second-order valence-corrected chi connectivity index (χ2v) is 4.15. The van der Waals surface area contributed by atoms with Gasteiger partial charge < -0.3 is 10.6 Å². The molecule has 0 bridgehead atoms. The molecule has 0 aromatic carbocycles. The van der Waals surface area contributed by atoms with Crippen molar-refractivity contribution in [3.05, 3.63) is 18.5 Å². The van der Waals surface area contributed by atoms with Crippen molar-refractivity contribution in [3.63, 3.8) is 0 Å². The summed E-state index contributed by atoms with van der Waals surface area (Å²) in [7, 11) is 0. The highest BCUT2D eigenvalue weighted by Crippen LogP contribution is 1.91. The average molecular weight is 237 g/mol. The van der Waals surface area contributed by atoms with Gasteiger partial charge in [-0.2, -0.15) is 5.10 Å². The molecule has 6 nitrogen and oxygen atoms in total. The largest absolute Gasteiger partial charge is 0.353 e. The third-order valence-corrected chi connectivity index (χ3v) is 2.80. The fraction of sp³-hybridized carbons (Fsp3) is 0.636. The van der Waals surface area contributed by atoms with Crippen LogP contribution in [0.25, 0.3) is 0 Å². The van der Waals surface area contributed by atoms with E-state index in [0.29, 0.717) is 13.1 Å². The van der Waals surface area contributed by atoms with Crippen LogP contribution in [0.1, 0.15) is 0 Å². The van der Waals surface area contributed by atoms with Gasteiger partial charge in [-0.1, -0.05) is 0 Å². The molecule has 1 aromatic rings. The maximum Gasteiger partial charge on any atom is 0.234 e. The predicted octanol–water partition coefficient (Wildman–Crippen LogP) is -1.10. The molecule has 1 aromatic heterocycles. The number of hydrogen-bond acceptors (Lipinski definition) is 4. The lowest BCUT2D eigenvalue weighted by molar-refractivity contribution is -0.122. The van der Waals surface area contributed by atoms with Gasteiger partial charge >= 0.3 is 0 Å². The van der Waals surface area contributed by atoms with Crippen molar-refractivity contribution in [2.45, 2.75) is 6.54 Å². The van der Waals surface area contributed by atoms with Gasteiger partial charge in [0.2, 0.25) is 5.91 Å². The van der Waals surface area contributed by atoms with Gasteiger partial charge in [0, 0.05) is 45.1 Å². The minimum absolute atomic E-state index is 0.0963. The lowest BCUT2D eigenvalue weighted by Crippen LogP contribution is -2.47. The first-order valence-electron chi connectivity index (χ1n) is 6.02. The zero-order chi connectivity index (χ0) is 11.9. The Balaban J connectivity index is 1.60. The smallest absolute Gasteiger partial charge is 0.234 e. The Labute approximate surface area is 101 Å². The lowest BCUT2D eigenvalue weighted by atomic mass is 10.3. The third kappa shape index (κ3) is 4.16. The minimum atomic E-state index is 0.0963. The number of amides is 1. The topological polar surface area (TPSA) is 62.2 Å². The molecule has 1 saturated heterocycles. The number of piperazine rings is 1. The van der Waals surface area contributed by atoms with Crippen LogP contribution in [0, 0.1) is 0 Å². The summed E-state index contributed by atoms with van der Waals surface area (Å²) in [5, 5.41) is 10.2. The van der Waals surface area contributed by atoms with E-state index in [1.54, 1.807) is 6.20 Å². The second-order valence-electron chi connectivity index (χ2n) is 4.15. The van der Waals surface area contributed by atoms with E-state index in [1.807, 2.05) is 16.9 Å². The van der Waals surface area contributed by atoms with Crippen LogP contribution >= 0.6 is 0 Å². The number of carbonyl (C=O) groups excluding carboxylic acids is 1. The number of rotatable bonds is 5. The van der Waals surface area contributed by atoms with Crippen molar-refractivity contribution in [1.29, 1.82) is 0 Å². The van der Waals surface area contributed by atoms with E-state index in [0.717, 1.165) is 32.7 Å². The van der Waals surface area contributed by atoms with Crippen molar-refractivity contribution in [1.82, 2.24) is 25.3 Å². The molecule has 94 valence electrons. The molecule has 0 aliphatic carbocycles. The quantitative estimate of drug-likeness (QED) is 0.683. The summed E-state index contributed by atoms with van der Waals surface area (Å²) in [5.74, 6) is 0.0963. The van der Waals surface area contributed by atoms with Gasteiger partial charge in [0.05, 0.1) is 13.1 Å². The average Bonchev–Trinajstić information content (AvgIpc) is 2.83. The summed E-state index contributed by atoms with van der Waals surface area (Å²) < 4.78 is 1.81. The van der Waals surface area contributed by atoms with E-state index < -0.39 is 0 Å². The molecule has 0 unspecified atom stereocenters. The molecule has 0 saturated carbocycles. The normalized spacial score (nSPS) is 16.9. The van der Waals surface area contributed by atoms with Gasteiger partial charge in [-0.15, -0.1) is 0 Å². The van der Waals surface area contributed by atoms with E-state index in [-0.39, 0.29) is 5.91 Å². The lowest BCUT2D eigenvalue weighted by Gasteiger charge is -2.26. The Kier molecular flexibility index (Phi) is 4.52. The highest BCUT2D eigenvalue weighted by atomic mass is 16.2. The van der Waals surface area contributed by atoms with Crippen molar-refractivity contribution < 1.29 is 4.79 Å². The molecular weight excluding hydrogens is 218 g/mol. The van der Waals surface area contributed by atoms with Gasteiger partial charge in [-0.05, 0) is 6.07 Å². The summed E-state index contributed by atoms with van der Waals surface area (Å²) >= 11 is 0. The molecule has 0 radical (unpaired) electrons. The molecule has 0 atom stereocenters. The summed E-state index contributed by atoms with van der Waals surface area (Å²) in [6, 6.07) is 1.88. The first-order valence-corrected chi connectivity index (χ1v) is 6.02. The molecule has 1 aliphatic rings. The maximum absolute atomic E-state index is 11.6. The van der Waals surface area contributed by atoms with Crippen LogP contribution < -0.4 is 10.6 Å². The standard InChI is InChI=1S/C11H19N5O/c17-11(10-15-7-3-12-4-8-15)13-5-9-16-6-1-2-14-16/h1-2,6,12H,3-5,7-10H2,(H,13,17). The van der Waals surface area contributed by atoms with Crippen molar-refractivity contribution >= 4 is 5.91 Å². The SMILES string of the molecule is O=C(CN1CCNCC1)NCCn1cccn1. The van der Waals surface area contributed by atoms with E-state index in [9.17, 15) is 4.79 Å². The Morgan fingerprint density at radius 3 is 2.94 bits per heavy atom. The predicted molar refractivity (Wildman–Crippen MR) is 64.5 cm³/mol. The maximum atomic E-state index is 11.6. The van der Waals surface area contributed by atoms with Crippen LogP contribution in [0.4, 0.5) is 0 Å². The van der Waals surface area contributed by atoms with Gasteiger partial charge in [-0.3, -0.25) is 14.4 Å². The highest BCUT2D eigenvalue weighted by Gasteiger charge is 2.12. The van der Waals surface area contributed by atoms with Gasteiger partial charge in [0.15, 0.2) is 0 Å². The molecule has 17 heavy (non-hydrogen) atoms. The molecule has 0 spiro atoms. The molecular formula is C11H19N5O. The van der Waals surface area contributed by atoms with Gasteiger partial charge in [-0.25, -0.2) is 0 Å². The number of nitrogens with zero attached hydrogens (tertiary/aromatic N) is 3. The van der Waals surface area contributed by atoms with Crippen molar-refractivity contribution in [3.8, 4) is 0 Å². The Bertz CT molecular complexity index is 332. The van der Waals surface area contributed by atoms with Crippen LogP contribution in [0.15, 0.2) is 18.5 Å². The van der Waals surface area contributed by atoms with Crippen LogP contribution in [0.5, 0.6) is 0 Å². The fourth-order valence-corrected chi connectivity index (χ4v) is 1.87. The number of hydrogen-bond donors (Lipinski definition) is 2. The number of carbonyl (C=O) groups is 1. The summed E-state index contributed by atoms with van der Waals surface area (Å²) in [4.78, 5) is 13.8. The van der Waals surface area contributed by atoms with Gasteiger partial charge in [0.25, 0.3) is 0 Å². The summed E-state index contributed by atoms with van der Waals surface area (Å²) in [6.07, 6.45) is 3.63. The van der Waals surface area contributed by atoms with E-state index in [4.69, 9.17) is 0 Å². The first-order chi connectivity index (χ1) is 8.34. The van der Waals surface area contributed by atoms with E-state index in [2.05, 4.69) is 20.6 Å². The molecule has 1 fully saturated rings. The molecule has 1 aliphatic heterocycles. The number of aromatic nitrogens is 2. The van der Waals surface area contributed by atoms with E-state index in [1.165, 1.54) is 0 Å². The summed E-state index contributed by atoms with van der Waals surface area (Å²) in [5.41, 5.74) is 0. The zero-order valence-electron chi connectivity index (χ0n) is 9.93. The molecule has 2 N–H and O–H groups in total. The first kappa shape index (κ1) is 12.1. The van der Waals surface area contributed by atoms with Crippen molar-refractivity contribution in [2.24, 2.45) is 0 Å². The molecule has 6 heteroatoms. The molecule has 2 rings (SSSR count). The zero-order valence-corrected chi connectivity index (χ0v) is 9.93. The van der Waals surface area contributed by atoms with Crippen LogP contribution in [-0.2, 0) is 11.3 Å². The minimum Gasteiger partial charge on any atom is -0.353 e. The Morgan fingerprint density at radius 1 is 1.41 bits per heavy atom. The van der Waals surface area contributed by atoms with Crippen LogP contribution in [0.3, 0.4) is 0 Å². The van der Waals surface area contributed by atoms with E-state index >= 15 is 0 Å². The summed E-state index contributed by atoms with van der Waals surface area (Å²) in [6.45, 7) is 5.70. The highest BCUT2D eigenvalue weighted by molar-refractivity contribution is 5.77. The Morgan fingerprint density at radius 2 is 2.24 bits per heavy atom. The van der Waals surface area contributed by atoms with Crippen LogP contribution in [-0.4, -0.2) is 59.9 Å². The monoisotopic (exact) mass is 237 g/mol. The van der Waals surface area contributed by atoms with Gasteiger partial charge in [0.1, 0.15) is 0 Å². The molecule has 2 heterocycles. The third-order valence-electron chi connectivity index (χ3n) is 2.80. The van der Waals surface area contributed by atoms with Crippen molar-refractivity contribution in [2.75, 3.05) is 39.3 Å². The fourth-order valence-electron chi connectivity index (χ4n) is 1.87. The Hall–Kier alpha value is -1.40. The van der Waals surface area contributed by atoms with Crippen LogP contribution in [0.2, 0.25) is 0 Å². The second kappa shape index (κ2) is 6.36. The number of nitrogens with one attached hydrogen (secondary N) is 2. The molecule has 1 amide bonds.